The Morgan fingerprint density at radius 2 is 1.43 bits per heavy atom. The molecule has 0 spiro atoms. The number of likely N-dealkylation sites (tertiary alicyclic amines) is 1. The topological polar surface area (TPSA) is 69.6 Å². The second-order valence-corrected chi connectivity index (χ2v) is 10.5. The molecule has 2 amide bonds. The highest BCUT2D eigenvalue weighted by molar-refractivity contribution is 5.87. The van der Waals surface area contributed by atoms with E-state index < -0.39 is 11.5 Å². The van der Waals surface area contributed by atoms with Gasteiger partial charge in [0.2, 0.25) is 11.8 Å². The van der Waals surface area contributed by atoms with Crippen molar-refractivity contribution in [3.8, 4) is 0 Å². The lowest BCUT2D eigenvalue weighted by Gasteiger charge is -2.32. The van der Waals surface area contributed by atoms with Crippen molar-refractivity contribution in [3.63, 3.8) is 0 Å². The van der Waals surface area contributed by atoms with E-state index in [-0.39, 0.29) is 32.3 Å². The largest absolute Gasteiger partial charge is 0.394 e. The molecule has 0 bridgehead atoms. The van der Waals surface area contributed by atoms with E-state index >= 15 is 0 Å². The summed E-state index contributed by atoms with van der Waals surface area (Å²) in [4.78, 5) is 27.1. The highest BCUT2D eigenvalue weighted by Gasteiger charge is 2.28. The monoisotopic (exact) mass is 476 g/mol. The molecule has 2 N–H and O–H groups in total. The van der Waals surface area contributed by atoms with Crippen LogP contribution in [-0.2, 0) is 22.4 Å². The Bertz CT molecular complexity index is 1040. The SMILES string of the molecule is C.CC(C)(C)C(=O)N[C@@H](CO)CC(=O)N1CCC(=C2c3ccccc3CCc3ccccc32)CC1. The Balaban J connectivity index is 0.00000342. The number of hydrogen-bond acceptors (Lipinski definition) is 3. The van der Waals surface area contributed by atoms with Crippen molar-refractivity contribution in [3.05, 3.63) is 76.4 Å². The van der Waals surface area contributed by atoms with Crippen molar-refractivity contribution >= 4 is 17.4 Å². The van der Waals surface area contributed by atoms with Gasteiger partial charge in [0, 0.05) is 24.9 Å². The molecule has 35 heavy (non-hydrogen) atoms. The summed E-state index contributed by atoms with van der Waals surface area (Å²) in [5, 5.41) is 12.5. The number of rotatable bonds is 4. The zero-order valence-electron chi connectivity index (χ0n) is 20.6. The Hall–Kier alpha value is -2.92. The molecule has 0 radical (unpaired) electrons. The summed E-state index contributed by atoms with van der Waals surface area (Å²) < 4.78 is 0. The van der Waals surface area contributed by atoms with E-state index in [9.17, 15) is 14.7 Å². The summed E-state index contributed by atoms with van der Waals surface area (Å²) >= 11 is 0. The minimum atomic E-state index is -0.562. The lowest BCUT2D eigenvalue weighted by atomic mass is 9.86. The molecule has 2 aromatic rings. The fraction of sp³-hybridized carbons (Fsp3) is 0.467. The van der Waals surface area contributed by atoms with Crippen molar-refractivity contribution < 1.29 is 14.7 Å². The number of piperidine rings is 1. The number of nitrogens with one attached hydrogen (secondary N) is 1. The average Bonchev–Trinajstić information content (AvgIpc) is 3.00. The molecule has 0 aromatic heterocycles. The smallest absolute Gasteiger partial charge is 0.225 e. The van der Waals surface area contributed by atoms with Crippen LogP contribution >= 0.6 is 0 Å². The van der Waals surface area contributed by atoms with Crippen LogP contribution in [0.1, 0.15) is 69.7 Å². The van der Waals surface area contributed by atoms with Gasteiger partial charge in [0.05, 0.1) is 12.6 Å². The molecule has 0 unspecified atom stereocenters. The van der Waals surface area contributed by atoms with Gasteiger partial charge in [-0.05, 0) is 53.5 Å². The first kappa shape index (κ1) is 26.7. The molecular weight excluding hydrogens is 436 g/mol. The van der Waals surface area contributed by atoms with Gasteiger partial charge in [-0.3, -0.25) is 9.59 Å². The van der Waals surface area contributed by atoms with Crippen LogP contribution in [0.3, 0.4) is 0 Å². The van der Waals surface area contributed by atoms with E-state index in [2.05, 4.69) is 53.8 Å². The summed E-state index contributed by atoms with van der Waals surface area (Å²) in [5.41, 5.74) is 7.63. The first-order valence-electron chi connectivity index (χ1n) is 12.4. The molecule has 1 fully saturated rings. The second-order valence-electron chi connectivity index (χ2n) is 10.5. The average molecular weight is 477 g/mol. The third-order valence-corrected chi connectivity index (χ3v) is 6.97. The molecule has 2 aliphatic rings. The molecule has 188 valence electrons. The number of amides is 2. The normalized spacial score (nSPS) is 16.4. The maximum absolute atomic E-state index is 13.0. The van der Waals surface area contributed by atoms with Gasteiger partial charge >= 0.3 is 0 Å². The minimum Gasteiger partial charge on any atom is -0.394 e. The highest BCUT2D eigenvalue weighted by Crippen LogP contribution is 2.38. The van der Waals surface area contributed by atoms with E-state index in [0.717, 1.165) is 25.7 Å². The number of hydrogen-bond donors (Lipinski definition) is 2. The number of aliphatic hydroxyl groups is 1. The molecule has 0 saturated carbocycles. The molecule has 1 heterocycles. The van der Waals surface area contributed by atoms with Crippen LogP contribution in [-0.4, -0.2) is 47.6 Å². The lowest BCUT2D eigenvalue weighted by molar-refractivity contribution is -0.133. The van der Waals surface area contributed by atoms with E-state index in [4.69, 9.17) is 0 Å². The van der Waals surface area contributed by atoms with Gasteiger partial charge in [-0.2, -0.15) is 0 Å². The number of aryl methyl sites for hydroxylation is 2. The Morgan fingerprint density at radius 1 is 0.914 bits per heavy atom. The van der Waals surface area contributed by atoms with Crippen molar-refractivity contribution in [2.45, 2.75) is 66.3 Å². The van der Waals surface area contributed by atoms with Crippen molar-refractivity contribution in [1.29, 1.82) is 0 Å². The van der Waals surface area contributed by atoms with Crippen LogP contribution in [0.2, 0.25) is 0 Å². The number of nitrogens with zero attached hydrogens (tertiary/aromatic N) is 1. The van der Waals surface area contributed by atoms with Crippen molar-refractivity contribution in [2.75, 3.05) is 19.7 Å². The molecule has 1 aliphatic heterocycles. The standard InChI is InChI=1S/C29H36N2O3.CH4/c1-29(2,3)28(34)30-23(19-32)18-26(33)31-16-14-22(15-17-31)27-24-10-6-4-8-20(24)12-13-21-9-5-7-11-25(21)27;/h4-11,23,32H,12-19H2,1-3H3,(H,30,34);1H4/t23-;/m1./s1. The van der Waals surface area contributed by atoms with Gasteiger partial charge in [-0.25, -0.2) is 0 Å². The maximum Gasteiger partial charge on any atom is 0.225 e. The van der Waals surface area contributed by atoms with Crippen LogP contribution in [0.25, 0.3) is 5.57 Å². The second kappa shape index (κ2) is 11.2. The summed E-state index contributed by atoms with van der Waals surface area (Å²) in [5.74, 6) is -0.172. The Morgan fingerprint density at radius 3 is 1.91 bits per heavy atom. The predicted molar refractivity (Wildman–Crippen MR) is 142 cm³/mol. The third-order valence-electron chi connectivity index (χ3n) is 6.97. The fourth-order valence-corrected chi connectivity index (χ4v) is 4.94. The lowest BCUT2D eigenvalue weighted by Crippen LogP contribution is -2.47. The van der Waals surface area contributed by atoms with Gasteiger partial charge in [-0.1, -0.05) is 82.3 Å². The van der Waals surface area contributed by atoms with Gasteiger partial charge in [-0.15, -0.1) is 0 Å². The molecule has 1 aliphatic carbocycles. The minimum absolute atomic E-state index is 0. The molecule has 1 saturated heterocycles. The zero-order chi connectivity index (χ0) is 24.3. The summed E-state index contributed by atoms with van der Waals surface area (Å²) in [6, 6.07) is 16.9. The summed E-state index contributed by atoms with van der Waals surface area (Å²) in [7, 11) is 0. The number of carbonyl (C=O) groups is 2. The molecule has 5 nitrogen and oxygen atoms in total. The predicted octanol–water partition coefficient (Wildman–Crippen LogP) is 4.76. The van der Waals surface area contributed by atoms with Crippen LogP contribution < -0.4 is 5.32 Å². The van der Waals surface area contributed by atoms with Crippen LogP contribution in [0.15, 0.2) is 54.1 Å². The third kappa shape index (κ3) is 6.02. The fourth-order valence-electron chi connectivity index (χ4n) is 4.94. The molecular formula is C30H40N2O3. The number of aliphatic hydroxyl groups excluding tert-OH is 1. The van der Waals surface area contributed by atoms with Gasteiger partial charge < -0.3 is 15.3 Å². The maximum atomic E-state index is 13.0. The molecule has 1 atom stereocenters. The number of fused-ring (bicyclic) bond motifs is 2. The first-order chi connectivity index (χ1) is 16.3. The van der Waals surface area contributed by atoms with E-state index in [0.29, 0.717) is 13.1 Å². The number of carbonyl (C=O) groups excluding carboxylic acids is 2. The number of benzene rings is 2. The quantitative estimate of drug-likeness (QED) is 0.669. The van der Waals surface area contributed by atoms with E-state index in [1.807, 2.05) is 25.7 Å². The van der Waals surface area contributed by atoms with Gasteiger partial charge in [0.25, 0.3) is 0 Å². The summed E-state index contributed by atoms with van der Waals surface area (Å²) in [6.07, 6.45) is 3.87. The molecule has 5 heteroatoms. The Labute approximate surface area is 210 Å². The van der Waals surface area contributed by atoms with Crippen molar-refractivity contribution in [2.24, 2.45) is 5.41 Å². The molecule has 4 rings (SSSR count). The van der Waals surface area contributed by atoms with Gasteiger partial charge in [0.1, 0.15) is 0 Å². The van der Waals surface area contributed by atoms with Crippen LogP contribution in [0, 0.1) is 5.41 Å². The van der Waals surface area contributed by atoms with E-state index in [1.54, 1.807) is 0 Å². The van der Waals surface area contributed by atoms with E-state index in [1.165, 1.54) is 33.4 Å². The zero-order valence-corrected chi connectivity index (χ0v) is 20.6. The van der Waals surface area contributed by atoms with Crippen LogP contribution in [0.4, 0.5) is 0 Å². The summed E-state index contributed by atoms with van der Waals surface area (Å²) in [6.45, 7) is 6.54. The first-order valence-corrected chi connectivity index (χ1v) is 12.4. The Kier molecular flexibility index (Phi) is 8.55. The molecule has 2 aromatic carbocycles. The highest BCUT2D eigenvalue weighted by atomic mass is 16.3. The van der Waals surface area contributed by atoms with Crippen molar-refractivity contribution in [1.82, 2.24) is 10.2 Å². The van der Waals surface area contributed by atoms with Crippen LogP contribution in [0.5, 0.6) is 0 Å². The van der Waals surface area contributed by atoms with Gasteiger partial charge in [0.15, 0.2) is 0 Å².